The van der Waals surface area contributed by atoms with Crippen molar-refractivity contribution in [2.75, 3.05) is 13.1 Å². The van der Waals surface area contributed by atoms with Crippen LogP contribution in [-0.4, -0.2) is 36.5 Å². The van der Waals surface area contributed by atoms with E-state index < -0.39 is 18.1 Å². The predicted molar refractivity (Wildman–Crippen MR) is 76.5 cm³/mol. The fourth-order valence-corrected chi connectivity index (χ4v) is 3.88. The molecule has 7 heteroatoms. The first-order chi connectivity index (χ1) is 10.4. The van der Waals surface area contributed by atoms with Crippen molar-refractivity contribution in [3.8, 4) is 0 Å². The maximum Gasteiger partial charge on any atom is 0.389 e. The second kappa shape index (κ2) is 5.83. The number of halogens is 3. The average Bonchev–Trinajstić information content (AvgIpc) is 2.76. The molecule has 0 bridgehead atoms. The summed E-state index contributed by atoms with van der Waals surface area (Å²) in [4.78, 5) is 16.9. The monoisotopic (exact) mass is 317 g/mol. The van der Waals surface area contributed by atoms with Gasteiger partial charge in [0.1, 0.15) is 11.4 Å². The molecule has 22 heavy (non-hydrogen) atoms. The summed E-state index contributed by atoms with van der Waals surface area (Å²) in [6.07, 6.45) is -0.856. The molecule has 2 aliphatic heterocycles. The lowest BCUT2D eigenvalue weighted by Crippen LogP contribution is -2.47. The van der Waals surface area contributed by atoms with E-state index in [2.05, 4.69) is 15.6 Å². The smallest absolute Gasteiger partial charge is 0.317 e. The van der Waals surface area contributed by atoms with Crippen molar-refractivity contribution in [3.05, 3.63) is 0 Å². The van der Waals surface area contributed by atoms with Crippen LogP contribution in [0.4, 0.5) is 13.2 Å². The van der Waals surface area contributed by atoms with Crippen molar-refractivity contribution in [1.82, 2.24) is 10.6 Å². The second-order valence-corrected chi connectivity index (χ2v) is 6.77. The fraction of sp³-hybridized carbons (Fsp3) is 0.867. The molecule has 1 amide bonds. The van der Waals surface area contributed by atoms with Gasteiger partial charge in [-0.15, -0.1) is 0 Å². The third-order valence-corrected chi connectivity index (χ3v) is 5.18. The minimum absolute atomic E-state index is 0.0265. The Kier molecular flexibility index (Phi) is 4.18. The second-order valence-electron chi connectivity index (χ2n) is 6.77. The first-order valence-electron chi connectivity index (χ1n) is 8.07. The fourth-order valence-electron chi connectivity index (χ4n) is 3.88. The van der Waals surface area contributed by atoms with Crippen molar-refractivity contribution in [1.29, 1.82) is 0 Å². The van der Waals surface area contributed by atoms with Gasteiger partial charge in [0.15, 0.2) is 0 Å². The lowest BCUT2D eigenvalue weighted by molar-refractivity contribution is -0.146. The molecular weight excluding hydrogens is 295 g/mol. The summed E-state index contributed by atoms with van der Waals surface area (Å²) in [7, 11) is 0. The lowest BCUT2D eigenvalue weighted by Gasteiger charge is -2.29. The van der Waals surface area contributed by atoms with Gasteiger partial charge in [0.25, 0.3) is 5.91 Å². The number of amidine groups is 1. The Bertz CT molecular complexity index is 461. The molecule has 0 aromatic heterocycles. The molecule has 2 heterocycles. The Morgan fingerprint density at radius 1 is 1.14 bits per heavy atom. The first kappa shape index (κ1) is 15.8. The number of nitrogens with zero attached hydrogens (tertiary/aromatic N) is 1. The number of amides is 1. The summed E-state index contributed by atoms with van der Waals surface area (Å²) < 4.78 is 37.3. The van der Waals surface area contributed by atoms with Crippen LogP contribution in [0.3, 0.4) is 0 Å². The zero-order valence-electron chi connectivity index (χ0n) is 12.5. The molecule has 0 aromatic rings. The standard InChI is InChI=1S/C15H22F3N3O/c16-15(17,18)9-10-1-3-11(4-2-10)12-20-13(22)14(21-12)5-7-19-8-6-14/h10-11,19H,1-9H2,(H,20,21,22). The van der Waals surface area contributed by atoms with E-state index in [1.54, 1.807) is 0 Å². The van der Waals surface area contributed by atoms with Gasteiger partial charge in [-0.05, 0) is 57.5 Å². The van der Waals surface area contributed by atoms with E-state index >= 15 is 0 Å². The topological polar surface area (TPSA) is 53.5 Å². The van der Waals surface area contributed by atoms with E-state index in [4.69, 9.17) is 0 Å². The molecule has 1 saturated heterocycles. The van der Waals surface area contributed by atoms with Crippen LogP contribution in [-0.2, 0) is 4.79 Å². The normalized spacial score (nSPS) is 32.0. The zero-order chi connectivity index (χ0) is 15.8. The third-order valence-electron chi connectivity index (χ3n) is 5.18. The summed E-state index contributed by atoms with van der Waals surface area (Å²) in [5, 5.41) is 6.13. The number of carbonyl (C=O) groups excluding carboxylic acids is 1. The number of nitrogens with one attached hydrogen (secondary N) is 2. The maximum absolute atomic E-state index is 12.4. The highest BCUT2D eigenvalue weighted by Crippen LogP contribution is 2.38. The van der Waals surface area contributed by atoms with Crippen LogP contribution < -0.4 is 10.6 Å². The van der Waals surface area contributed by atoms with Crippen molar-refractivity contribution in [2.45, 2.75) is 56.7 Å². The highest BCUT2D eigenvalue weighted by Gasteiger charge is 2.46. The molecule has 4 nitrogen and oxygen atoms in total. The minimum Gasteiger partial charge on any atom is -0.317 e. The highest BCUT2D eigenvalue weighted by molar-refractivity contribution is 6.09. The minimum atomic E-state index is -4.07. The summed E-state index contributed by atoms with van der Waals surface area (Å²) in [6, 6.07) is 0. The molecule has 124 valence electrons. The molecule has 3 aliphatic rings. The SMILES string of the molecule is O=C1NC(C2CCC(CC(F)(F)F)CC2)=NC12CCNCC2. The Balaban J connectivity index is 1.60. The van der Waals surface area contributed by atoms with Gasteiger partial charge in [-0.3, -0.25) is 9.79 Å². The third kappa shape index (κ3) is 3.29. The number of alkyl halides is 3. The Hall–Kier alpha value is -1.11. The number of hydrogen-bond acceptors (Lipinski definition) is 3. The Morgan fingerprint density at radius 3 is 2.36 bits per heavy atom. The van der Waals surface area contributed by atoms with E-state index in [0.29, 0.717) is 38.5 Å². The number of rotatable bonds is 2. The van der Waals surface area contributed by atoms with Crippen LogP contribution in [0.25, 0.3) is 0 Å². The molecule has 0 aromatic carbocycles. The highest BCUT2D eigenvalue weighted by atomic mass is 19.4. The van der Waals surface area contributed by atoms with Crippen molar-refractivity contribution < 1.29 is 18.0 Å². The molecule has 1 spiro atoms. The van der Waals surface area contributed by atoms with E-state index in [1.165, 1.54) is 0 Å². The molecular formula is C15H22F3N3O. The number of carbonyl (C=O) groups is 1. The Labute approximate surface area is 127 Å². The average molecular weight is 317 g/mol. The summed E-state index contributed by atoms with van der Waals surface area (Å²) in [5.74, 6) is 0.531. The molecule has 0 radical (unpaired) electrons. The van der Waals surface area contributed by atoms with Gasteiger partial charge in [-0.25, -0.2) is 0 Å². The summed E-state index contributed by atoms with van der Waals surface area (Å²) >= 11 is 0. The van der Waals surface area contributed by atoms with Gasteiger partial charge in [-0.1, -0.05) is 0 Å². The molecule has 2 fully saturated rings. The van der Waals surface area contributed by atoms with Gasteiger partial charge in [0.05, 0.1) is 0 Å². The number of piperidine rings is 1. The number of hydrogen-bond donors (Lipinski definition) is 2. The molecule has 1 aliphatic carbocycles. The van der Waals surface area contributed by atoms with Crippen LogP contribution in [0.2, 0.25) is 0 Å². The van der Waals surface area contributed by atoms with E-state index in [-0.39, 0.29) is 17.7 Å². The van der Waals surface area contributed by atoms with Crippen LogP contribution in [0.1, 0.15) is 44.9 Å². The molecule has 2 N–H and O–H groups in total. The van der Waals surface area contributed by atoms with E-state index in [9.17, 15) is 18.0 Å². The van der Waals surface area contributed by atoms with Gasteiger partial charge in [0, 0.05) is 12.3 Å². The molecule has 3 rings (SSSR count). The van der Waals surface area contributed by atoms with Crippen molar-refractivity contribution >= 4 is 11.7 Å². The van der Waals surface area contributed by atoms with Crippen LogP contribution >= 0.6 is 0 Å². The first-order valence-corrected chi connectivity index (χ1v) is 8.07. The number of aliphatic imine (C=N–C) groups is 1. The van der Waals surface area contributed by atoms with Crippen LogP contribution in [0, 0.1) is 11.8 Å². The maximum atomic E-state index is 12.4. The van der Waals surface area contributed by atoms with Crippen LogP contribution in [0.5, 0.6) is 0 Å². The summed E-state index contributed by atoms with van der Waals surface area (Å²) in [5.41, 5.74) is -0.622. The van der Waals surface area contributed by atoms with Gasteiger partial charge in [-0.2, -0.15) is 13.2 Å². The largest absolute Gasteiger partial charge is 0.389 e. The molecule has 0 atom stereocenters. The van der Waals surface area contributed by atoms with Gasteiger partial charge < -0.3 is 10.6 Å². The van der Waals surface area contributed by atoms with E-state index in [0.717, 1.165) is 18.9 Å². The molecule has 1 saturated carbocycles. The van der Waals surface area contributed by atoms with Crippen LogP contribution in [0.15, 0.2) is 4.99 Å². The van der Waals surface area contributed by atoms with Crippen molar-refractivity contribution in [3.63, 3.8) is 0 Å². The van der Waals surface area contributed by atoms with Gasteiger partial charge in [0.2, 0.25) is 0 Å². The predicted octanol–water partition coefficient (Wildman–Crippen LogP) is 2.40. The summed E-state index contributed by atoms with van der Waals surface area (Å²) in [6.45, 7) is 1.56. The quantitative estimate of drug-likeness (QED) is 0.822. The molecule has 0 unspecified atom stereocenters. The van der Waals surface area contributed by atoms with Gasteiger partial charge >= 0.3 is 6.18 Å². The zero-order valence-corrected chi connectivity index (χ0v) is 12.5. The Morgan fingerprint density at radius 2 is 1.77 bits per heavy atom. The lowest BCUT2D eigenvalue weighted by atomic mass is 9.80. The van der Waals surface area contributed by atoms with Crippen molar-refractivity contribution in [2.24, 2.45) is 16.8 Å². The van der Waals surface area contributed by atoms with E-state index in [1.807, 2.05) is 0 Å².